The van der Waals surface area contributed by atoms with E-state index in [0.29, 0.717) is 30.8 Å². The van der Waals surface area contributed by atoms with Gasteiger partial charge in [-0.25, -0.2) is 8.42 Å². The number of esters is 1. The average Bonchev–Trinajstić information content (AvgIpc) is 2.66. The summed E-state index contributed by atoms with van der Waals surface area (Å²) in [6, 6.07) is 13.4. The second-order valence-corrected chi connectivity index (χ2v) is 8.03. The number of anilines is 2. The smallest absolute Gasteiger partial charge is 0.303 e. The average molecular weight is 388 g/mol. The zero-order chi connectivity index (χ0) is 19.4. The fraction of sp³-hybridized carbons (Fsp3) is 0.263. The molecule has 1 heterocycles. The second kappa shape index (κ2) is 7.79. The number of carbonyl (C=O) groups excluding carboxylic acids is 2. The van der Waals surface area contributed by atoms with Gasteiger partial charge in [0.25, 0.3) is 15.9 Å². The Labute approximate surface area is 158 Å². The summed E-state index contributed by atoms with van der Waals surface area (Å²) in [6.07, 6.45) is 1.40. The molecule has 1 N–H and O–H groups in total. The van der Waals surface area contributed by atoms with Crippen molar-refractivity contribution in [2.24, 2.45) is 0 Å². The Bertz CT molecular complexity index is 957. The number of ether oxygens (including phenoxy) is 1. The second-order valence-electron chi connectivity index (χ2n) is 6.17. The van der Waals surface area contributed by atoms with Crippen LogP contribution in [-0.2, 0) is 30.8 Å². The molecule has 0 radical (unpaired) electrons. The number of nitrogens with one attached hydrogen (secondary N) is 1. The van der Waals surface area contributed by atoms with E-state index in [1.54, 1.807) is 48.5 Å². The lowest BCUT2D eigenvalue weighted by atomic mass is 10.0. The summed E-state index contributed by atoms with van der Waals surface area (Å²) in [6.45, 7) is 1.28. The van der Waals surface area contributed by atoms with E-state index in [1.807, 2.05) is 0 Å². The van der Waals surface area contributed by atoms with Crippen molar-refractivity contribution in [3.05, 3.63) is 54.1 Å². The number of carbonyl (C=O) groups is 2. The van der Waals surface area contributed by atoms with Crippen LogP contribution in [0.4, 0.5) is 11.4 Å². The molecule has 27 heavy (non-hydrogen) atoms. The van der Waals surface area contributed by atoms with E-state index in [2.05, 4.69) is 10.1 Å². The maximum atomic E-state index is 13.0. The van der Waals surface area contributed by atoms with Crippen LogP contribution in [0.5, 0.6) is 0 Å². The van der Waals surface area contributed by atoms with E-state index >= 15 is 0 Å². The predicted octanol–water partition coefficient (Wildman–Crippen LogP) is 2.33. The van der Waals surface area contributed by atoms with Gasteiger partial charge in [-0.15, -0.1) is 0 Å². The summed E-state index contributed by atoms with van der Waals surface area (Å²) >= 11 is 0. The molecule has 1 aliphatic rings. The monoisotopic (exact) mass is 388 g/mol. The Morgan fingerprint density at radius 1 is 1.15 bits per heavy atom. The molecular weight excluding hydrogens is 368 g/mol. The van der Waals surface area contributed by atoms with Gasteiger partial charge in [-0.3, -0.25) is 13.9 Å². The molecule has 142 valence electrons. The standard InChI is InChI=1S/C19H20N2O5S/c1-14(22)26-13-19(23)20-16-9-10-18-15(12-16)6-5-11-21(18)27(24,25)17-7-3-2-4-8-17/h2-4,7-10,12H,5-6,11,13H2,1H3,(H,20,23). The number of hydrogen-bond acceptors (Lipinski definition) is 5. The number of fused-ring (bicyclic) bond motifs is 1. The topological polar surface area (TPSA) is 92.8 Å². The molecule has 0 aliphatic carbocycles. The van der Waals surface area contributed by atoms with Crippen molar-refractivity contribution >= 4 is 33.3 Å². The van der Waals surface area contributed by atoms with E-state index in [4.69, 9.17) is 0 Å². The summed E-state index contributed by atoms with van der Waals surface area (Å²) in [5.74, 6) is -0.980. The minimum Gasteiger partial charge on any atom is -0.456 e. The lowest BCUT2D eigenvalue weighted by Gasteiger charge is -2.30. The van der Waals surface area contributed by atoms with Gasteiger partial charge in [0.1, 0.15) is 0 Å². The Balaban J connectivity index is 1.83. The SMILES string of the molecule is CC(=O)OCC(=O)Nc1ccc2c(c1)CCCN2S(=O)(=O)c1ccccc1. The third-order valence-corrected chi connectivity index (χ3v) is 6.00. The fourth-order valence-corrected chi connectivity index (χ4v) is 4.54. The molecule has 7 nitrogen and oxygen atoms in total. The van der Waals surface area contributed by atoms with Gasteiger partial charge in [-0.1, -0.05) is 18.2 Å². The van der Waals surface area contributed by atoms with Crippen molar-refractivity contribution in [3.63, 3.8) is 0 Å². The molecule has 8 heteroatoms. The molecule has 0 spiro atoms. The maximum Gasteiger partial charge on any atom is 0.303 e. The lowest BCUT2D eigenvalue weighted by Crippen LogP contribution is -2.35. The van der Waals surface area contributed by atoms with Gasteiger partial charge < -0.3 is 10.1 Å². The molecule has 0 atom stereocenters. The van der Waals surface area contributed by atoms with Crippen molar-refractivity contribution in [1.29, 1.82) is 0 Å². The first kappa shape index (κ1) is 18.9. The zero-order valence-electron chi connectivity index (χ0n) is 14.8. The molecule has 0 fully saturated rings. The van der Waals surface area contributed by atoms with Crippen LogP contribution in [0.3, 0.4) is 0 Å². The van der Waals surface area contributed by atoms with Gasteiger partial charge in [0.15, 0.2) is 6.61 Å². The number of sulfonamides is 1. The number of aryl methyl sites for hydroxylation is 1. The lowest BCUT2D eigenvalue weighted by molar-refractivity contribution is -0.144. The van der Waals surface area contributed by atoms with Crippen LogP contribution < -0.4 is 9.62 Å². The summed E-state index contributed by atoms with van der Waals surface area (Å²) in [5, 5.41) is 2.65. The van der Waals surface area contributed by atoms with Gasteiger partial charge in [-0.05, 0) is 48.7 Å². The number of nitrogens with zero attached hydrogens (tertiary/aromatic N) is 1. The van der Waals surface area contributed by atoms with Crippen LogP contribution in [0.15, 0.2) is 53.4 Å². The van der Waals surface area contributed by atoms with Crippen LogP contribution in [0.2, 0.25) is 0 Å². The minimum absolute atomic E-state index is 0.247. The molecule has 3 rings (SSSR count). The van der Waals surface area contributed by atoms with E-state index in [-0.39, 0.29) is 11.5 Å². The van der Waals surface area contributed by atoms with Gasteiger partial charge >= 0.3 is 5.97 Å². The molecule has 0 saturated carbocycles. The molecular formula is C19H20N2O5S. The molecule has 0 bridgehead atoms. The van der Waals surface area contributed by atoms with Crippen molar-refractivity contribution in [3.8, 4) is 0 Å². The summed E-state index contributed by atoms with van der Waals surface area (Å²) in [5.41, 5.74) is 1.99. The molecule has 0 saturated heterocycles. The van der Waals surface area contributed by atoms with Crippen molar-refractivity contribution in [2.45, 2.75) is 24.7 Å². The molecule has 2 aromatic rings. The highest BCUT2D eigenvalue weighted by molar-refractivity contribution is 7.92. The van der Waals surface area contributed by atoms with Gasteiger partial charge in [0.2, 0.25) is 0 Å². The van der Waals surface area contributed by atoms with Crippen LogP contribution in [0.1, 0.15) is 18.9 Å². The van der Waals surface area contributed by atoms with Crippen LogP contribution in [0.25, 0.3) is 0 Å². The predicted molar refractivity (Wildman–Crippen MR) is 101 cm³/mol. The highest BCUT2D eigenvalue weighted by Crippen LogP contribution is 2.33. The van der Waals surface area contributed by atoms with Crippen LogP contribution >= 0.6 is 0 Å². The zero-order valence-corrected chi connectivity index (χ0v) is 15.7. The molecule has 0 unspecified atom stereocenters. The van der Waals surface area contributed by atoms with Gasteiger partial charge in [0, 0.05) is 19.2 Å². The maximum absolute atomic E-state index is 13.0. The number of rotatable bonds is 5. The fourth-order valence-electron chi connectivity index (χ4n) is 2.97. The number of amides is 1. The van der Waals surface area contributed by atoms with Crippen molar-refractivity contribution < 1.29 is 22.7 Å². The summed E-state index contributed by atoms with van der Waals surface area (Å²) < 4.78 is 32.0. The quantitative estimate of drug-likeness (QED) is 0.794. The normalized spacial score (nSPS) is 13.6. The summed E-state index contributed by atoms with van der Waals surface area (Å²) in [4.78, 5) is 22.8. The van der Waals surface area contributed by atoms with Crippen molar-refractivity contribution in [2.75, 3.05) is 22.8 Å². The first-order valence-electron chi connectivity index (χ1n) is 8.52. The van der Waals surface area contributed by atoms with Crippen LogP contribution in [-0.4, -0.2) is 33.4 Å². The van der Waals surface area contributed by atoms with E-state index < -0.39 is 21.9 Å². The van der Waals surface area contributed by atoms with Gasteiger partial charge in [-0.2, -0.15) is 0 Å². The van der Waals surface area contributed by atoms with E-state index in [0.717, 1.165) is 5.56 Å². The van der Waals surface area contributed by atoms with E-state index in [9.17, 15) is 18.0 Å². The largest absolute Gasteiger partial charge is 0.456 e. The third-order valence-electron chi connectivity index (χ3n) is 4.18. The summed E-state index contributed by atoms with van der Waals surface area (Å²) in [7, 11) is -3.64. The molecule has 0 aromatic heterocycles. The molecule has 1 aliphatic heterocycles. The Kier molecular flexibility index (Phi) is 5.46. The first-order valence-corrected chi connectivity index (χ1v) is 9.96. The number of benzene rings is 2. The van der Waals surface area contributed by atoms with Crippen LogP contribution in [0, 0.1) is 0 Å². The first-order chi connectivity index (χ1) is 12.9. The molecule has 1 amide bonds. The van der Waals surface area contributed by atoms with Crippen molar-refractivity contribution in [1.82, 2.24) is 0 Å². The Morgan fingerprint density at radius 2 is 1.89 bits per heavy atom. The molecule has 2 aromatic carbocycles. The minimum atomic E-state index is -3.64. The highest BCUT2D eigenvalue weighted by atomic mass is 32.2. The van der Waals surface area contributed by atoms with E-state index in [1.165, 1.54) is 11.2 Å². The Morgan fingerprint density at radius 3 is 2.59 bits per heavy atom. The third kappa shape index (κ3) is 4.28. The number of hydrogen-bond donors (Lipinski definition) is 1. The highest BCUT2D eigenvalue weighted by Gasteiger charge is 2.29. The Hall–Kier alpha value is -2.87. The van der Waals surface area contributed by atoms with Gasteiger partial charge in [0.05, 0.1) is 10.6 Å².